The van der Waals surface area contributed by atoms with Crippen molar-refractivity contribution >= 4 is 11.8 Å². The zero-order valence-corrected chi connectivity index (χ0v) is 15.6. The standard InChI is InChI=1S/C18H31N5O2/c1-5-21-18(25)16(12(2)3)23-17(24)13(4)22-11-15(19)9-14-7-6-8-20-10-14/h6-8,10,12-13,15-16,22H,5,9,11,19H2,1-4H3,(H,21,25)(H,23,24)/t13-,15-,16-/m0/s1. The van der Waals surface area contributed by atoms with Gasteiger partial charge >= 0.3 is 0 Å². The fourth-order valence-electron chi connectivity index (χ4n) is 2.41. The molecule has 0 fully saturated rings. The zero-order chi connectivity index (χ0) is 18.8. The van der Waals surface area contributed by atoms with E-state index in [0.717, 1.165) is 5.56 Å². The van der Waals surface area contributed by atoms with Crippen molar-refractivity contribution in [1.29, 1.82) is 0 Å². The summed E-state index contributed by atoms with van der Waals surface area (Å²) in [4.78, 5) is 28.4. The zero-order valence-electron chi connectivity index (χ0n) is 15.6. The summed E-state index contributed by atoms with van der Waals surface area (Å²) < 4.78 is 0. The molecule has 0 aromatic carbocycles. The van der Waals surface area contributed by atoms with E-state index in [1.807, 2.05) is 32.9 Å². The van der Waals surface area contributed by atoms with E-state index >= 15 is 0 Å². The first-order valence-electron chi connectivity index (χ1n) is 8.81. The van der Waals surface area contributed by atoms with Gasteiger partial charge in [0.15, 0.2) is 0 Å². The van der Waals surface area contributed by atoms with Gasteiger partial charge in [-0.05, 0) is 37.8 Å². The van der Waals surface area contributed by atoms with Gasteiger partial charge < -0.3 is 21.7 Å². The maximum Gasteiger partial charge on any atom is 0.242 e. The Morgan fingerprint density at radius 2 is 1.96 bits per heavy atom. The van der Waals surface area contributed by atoms with Crippen molar-refractivity contribution in [2.45, 2.75) is 52.2 Å². The lowest BCUT2D eigenvalue weighted by Crippen LogP contribution is -2.55. The molecular weight excluding hydrogens is 318 g/mol. The lowest BCUT2D eigenvalue weighted by atomic mass is 10.0. The number of aromatic nitrogens is 1. The van der Waals surface area contributed by atoms with Crippen molar-refractivity contribution in [2.75, 3.05) is 13.1 Å². The Bertz CT molecular complexity index is 536. The van der Waals surface area contributed by atoms with Crippen LogP contribution in [-0.4, -0.2) is 48.0 Å². The summed E-state index contributed by atoms with van der Waals surface area (Å²) in [6.45, 7) is 8.46. The molecule has 1 aromatic heterocycles. The molecule has 3 atom stereocenters. The van der Waals surface area contributed by atoms with Crippen LogP contribution in [0.3, 0.4) is 0 Å². The van der Waals surface area contributed by atoms with Gasteiger partial charge in [0.2, 0.25) is 11.8 Å². The highest BCUT2D eigenvalue weighted by Crippen LogP contribution is 2.03. The van der Waals surface area contributed by atoms with Gasteiger partial charge in [-0.25, -0.2) is 0 Å². The van der Waals surface area contributed by atoms with Gasteiger partial charge in [-0.15, -0.1) is 0 Å². The first-order valence-corrected chi connectivity index (χ1v) is 8.81. The van der Waals surface area contributed by atoms with Crippen LogP contribution in [0.4, 0.5) is 0 Å². The minimum atomic E-state index is -0.541. The smallest absolute Gasteiger partial charge is 0.242 e. The Labute approximate surface area is 150 Å². The number of amides is 2. The van der Waals surface area contributed by atoms with Crippen LogP contribution in [0, 0.1) is 5.92 Å². The second kappa shape index (κ2) is 10.8. The molecule has 0 saturated carbocycles. The van der Waals surface area contributed by atoms with Gasteiger partial charge in [-0.2, -0.15) is 0 Å². The number of hydrogen-bond donors (Lipinski definition) is 4. The Kier molecular flexibility index (Phi) is 9.08. The first-order chi connectivity index (χ1) is 11.8. The van der Waals surface area contributed by atoms with Crippen molar-refractivity contribution < 1.29 is 9.59 Å². The van der Waals surface area contributed by atoms with E-state index in [-0.39, 0.29) is 23.8 Å². The molecule has 1 aromatic rings. The molecule has 0 bridgehead atoms. The van der Waals surface area contributed by atoms with Crippen LogP contribution < -0.4 is 21.7 Å². The maximum atomic E-state index is 12.3. The normalized spacial score (nSPS) is 14.6. The lowest BCUT2D eigenvalue weighted by molar-refractivity contribution is -0.130. The fraction of sp³-hybridized carbons (Fsp3) is 0.611. The van der Waals surface area contributed by atoms with Gasteiger partial charge in [-0.3, -0.25) is 14.6 Å². The summed E-state index contributed by atoms with van der Waals surface area (Å²) in [5.74, 6) is -0.361. The molecule has 7 heteroatoms. The van der Waals surface area contributed by atoms with Gasteiger partial charge in [0.25, 0.3) is 0 Å². The SMILES string of the molecule is CCNC(=O)[C@@H](NC(=O)[C@H](C)NC[C@@H](N)Cc1cccnc1)C(C)C. The van der Waals surface area contributed by atoms with E-state index in [1.165, 1.54) is 0 Å². The predicted octanol–water partition coefficient (Wildman–Crippen LogP) is 0.206. The van der Waals surface area contributed by atoms with Crippen LogP contribution in [-0.2, 0) is 16.0 Å². The number of likely N-dealkylation sites (N-methyl/N-ethyl adjacent to an activating group) is 1. The van der Waals surface area contributed by atoms with Crippen molar-refractivity contribution in [2.24, 2.45) is 11.7 Å². The molecular formula is C18H31N5O2. The number of nitrogens with two attached hydrogens (primary N) is 1. The molecule has 2 amide bonds. The first kappa shape index (κ1) is 21.1. The molecule has 140 valence electrons. The average Bonchev–Trinajstić information content (AvgIpc) is 2.58. The number of nitrogens with zero attached hydrogens (tertiary/aromatic N) is 1. The number of pyridine rings is 1. The summed E-state index contributed by atoms with van der Waals surface area (Å²) >= 11 is 0. The molecule has 0 aliphatic rings. The van der Waals surface area contributed by atoms with E-state index in [9.17, 15) is 9.59 Å². The second-order valence-corrected chi connectivity index (χ2v) is 6.58. The second-order valence-electron chi connectivity index (χ2n) is 6.58. The molecule has 5 N–H and O–H groups in total. The van der Waals surface area contributed by atoms with Crippen LogP contribution in [0.15, 0.2) is 24.5 Å². The minimum absolute atomic E-state index is 0.00976. The number of nitrogens with one attached hydrogen (secondary N) is 3. The average molecular weight is 349 g/mol. The molecule has 1 rings (SSSR count). The van der Waals surface area contributed by atoms with Crippen LogP contribution in [0.25, 0.3) is 0 Å². The van der Waals surface area contributed by atoms with Gasteiger partial charge in [-0.1, -0.05) is 19.9 Å². The molecule has 0 aliphatic heterocycles. The lowest BCUT2D eigenvalue weighted by Gasteiger charge is -2.24. The molecule has 0 saturated heterocycles. The summed E-state index contributed by atoms with van der Waals surface area (Å²) in [6.07, 6.45) is 4.19. The number of hydrogen-bond acceptors (Lipinski definition) is 5. The van der Waals surface area contributed by atoms with Crippen molar-refractivity contribution in [3.63, 3.8) is 0 Å². The predicted molar refractivity (Wildman–Crippen MR) is 98.8 cm³/mol. The van der Waals surface area contributed by atoms with E-state index in [4.69, 9.17) is 5.73 Å². The molecule has 0 aliphatic carbocycles. The van der Waals surface area contributed by atoms with Crippen molar-refractivity contribution in [1.82, 2.24) is 20.9 Å². The number of rotatable bonds is 10. The van der Waals surface area contributed by atoms with E-state index < -0.39 is 12.1 Å². The van der Waals surface area contributed by atoms with E-state index in [2.05, 4.69) is 20.9 Å². The third-order valence-electron chi connectivity index (χ3n) is 3.90. The molecule has 0 unspecified atom stereocenters. The third kappa shape index (κ3) is 7.62. The van der Waals surface area contributed by atoms with Gasteiger partial charge in [0.05, 0.1) is 6.04 Å². The van der Waals surface area contributed by atoms with Crippen LogP contribution in [0.2, 0.25) is 0 Å². The Hall–Kier alpha value is -1.99. The number of carbonyl (C=O) groups excluding carboxylic acids is 2. The third-order valence-corrected chi connectivity index (χ3v) is 3.90. The maximum absolute atomic E-state index is 12.3. The van der Waals surface area contributed by atoms with Crippen molar-refractivity contribution in [3.8, 4) is 0 Å². The Balaban J connectivity index is 2.45. The summed E-state index contributed by atoms with van der Waals surface area (Å²) in [7, 11) is 0. The molecule has 1 heterocycles. The minimum Gasteiger partial charge on any atom is -0.355 e. The molecule has 0 spiro atoms. The fourth-order valence-corrected chi connectivity index (χ4v) is 2.41. The van der Waals surface area contributed by atoms with Crippen LogP contribution >= 0.6 is 0 Å². The van der Waals surface area contributed by atoms with E-state index in [1.54, 1.807) is 19.3 Å². The largest absolute Gasteiger partial charge is 0.355 e. The molecule has 0 radical (unpaired) electrons. The van der Waals surface area contributed by atoms with Gasteiger partial charge in [0, 0.05) is 31.5 Å². The van der Waals surface area contributed by atoms with E-state index in [0.29, 0.717) is 19.5 Å². The Morgan fingerprint density at radius 1 is 1.24 bits per heavy atom. The van der Waals surface area contributed by atoms with Crippen LogP contribution in [0.5, 0.6) is 0 Å². The monoisotopic (exact) mass is 349 g/mol. The summed E-state index contributed by atoms with van der Waals surface area (Å²) in [5, 5.41) is 8.69. The quantitative estimate of drug-likeness (QED) is 0.483. The highest BCUT2D eigenvalue weighted by molar-refractivity contribution is 5.89. The highest BCUT2D eigenvalue weighted by Gasteiger charge is 2.25. The Morgan fingerprint density at radius 3 is 2.52 bits per heavy atom. The van der Waals surface area contributed by atoms with Crippen LogP contribution in [0.1, 0.15) is 33.3 Å². The summed E-state index contributed by atoms with van der Waals surface area (Å²) in [6, 6.07) is 2.75. The summed E-state index contributed by atoms with van der Waals surface area (Å²) in [5.41, 5.74) is 7.17. The van der Waals surface area contributed by atoms with Gasteiger partial charge in [0.1, 0.15) is 6.04 Å². The topological polar surface area (TPSA) is 109 Å². The van der Waals surface area contributed by atoms with Crippen molar-refractivity contribution in [3.05, 3.63) is 30.1 Å². The number of carbonyl (C=O) groups is 2. The molecule has 25 heavy (non-hydrogen) atoms. The highest BCUT2D eigenvalue weighted by atomic mass is 16.2. The molecule has 7 nitrogen and oxygen atoms in total.